The summed E-state index contributed by atoms with van der Waals surface area (Å²) in [4.78, 5) is 12.7. The first-order chi connectivity index (χ1) is 7.54. The van der Waals surface area contributed by atoms with Crippen LogP contribution in [0, 0.1) is 19.3 Å². The molecule has 16 heavy (non-hydrogen) atoms. The number of carbonyl (C=O) groups is 1. The van der Waals surface area contributed by atoms with E-state index in [9.17, 15) is 4.79 Å². The van der Waals surface area contributed by atoms with Crippen LogP contribution in [0.5, 0.6) is 0 Å². The molecule has 0 fully saturated rings. The molecule has 0 radical (unpaired) electrons. The Labute approximate surface area is 102 Å². The van der Waals surface area contributed by atoms with Gasteiger partial charge in [-0.2, -0.15) is 0 Å². The predicted octanol–water partition coefficient (Wildman–Crippen LogP) is 2.43. The number of terminal acetylenes is 1. The average molecular weight is 233 g/mol. The minimum atomic E-state index is -0.101. The highest BCUT2D eigenvalue weighted by Gasteiger charge is 2.11. The van der Waals surface area contributed by atoms with Crippen molar-refractivity contribution in [2.75, 3.05) is 0 Å². The Morgan fingerprint density at radius 3 is 2.94 bits per heavy atom. The van der Waals surface area contributed by atoms with Crippen molar-refractivity contribution in [3.8, 4) is 12.3 Å². The van der Waals surface area contributed by atoms with E-state index in [1.807, 2.05) is 26.0 Å². The molecule has 0 saturated carbocycles. The van der Waals surface area contributed by atoms with Crippen molar-refractivity contribution in [1.82, 2.24) is 5.32 Å². The topological polar surface area (TPSA) is 29.1 Å². The van der Waals surface area contributed by atoms with Gasteiger partial charge < -0.3 is 5.32 Å². The largest absolute Gasteiger partial charge is 0.349 e. The number of amides is 1. The Morgan fingerprint density at radius 1 is 1.62 bits per heavy atom. The molecule has 0 aliphatic heterocycles. The summed E-state index contributed by atoms with van der Waals surface area (Å²) < 4.78 is 0. The van der Waals surface area contributed by atoms with Gasteiger partial charge in [-0.25, -0.2) is 0 Å². The first-order valence-corrected chi connectivity index (χ1v) is 5.53. The number of nitrogens with one attached hydrogen (secondary N) is 1. The molecule has 1 aromatic rings. The Hall–Kier alpha value is -1.40. The average Bonchev–Trinajstić information content (AvgIpc) is 2.21. The lowest BCUT2D eigenvalue weighted by Crippen LogP contribution is -2.32. The molecule has 0 saturated heterocycles. The second-order valence-corrected chi connectivity index (χ2v) is 4.30. The van der Waals surface area contributed by atoms with Crippen molar-refractivity contribution in [1.29, 1.82) is 0 Å². The normalized spacial score (nSPS) is 11.6. The Balaban J connectivity index is 2.81. The first kappa shape index (κ1) is 12.7. The molecule has 1 aromatic carbocycles. The van der Waals surface area contributed by atoms with Gasteiger partial charge in [0.1, 0.15) is 0 Å². The van der Waals surface area contributed by atoms with Gasteiger partial charge in [0.15, 0.2) is 0 Å². The van der Waals surface area contributed by atoms with Crippen LogP contribution in [0.4, 0.5) is 0 Å². The minimum Gasteiger partial charge on any atom is -0.349 e. The zero-order valence-corrected chi connectivity index (χ0v) is 10.3. The van der Waals surface area contributed by atoms with Crippen molar-refractivity contribution in [2.24, 2.45) is 0 Å². The summed E-state index contributed by atoms with van der Waals surface area (Å²) in [7, 11) is 0. The zero-order valence-electron chi connectivity index (χ0n) is 9.45. The summed E-state index contributed by atoms with van der Waals surface area (Å²) in [6, 6.07) is 5.49. The molecule has 3 heteroatoms. The van der Waals surface area contributed by atoms with Gasteiger partial charge in [0, 0.05) is 22.9 Å². The standard InChI is InChI=1S/C13H15NOS/c1-4-5-10(3)14-13(15)12-8-11(16)7-6-9(12)2/h1,6-8,10,16H,5H2,2-3H3,(H,14,15). The van der Waals surface area contributed by atoms with Crippen LogP contribution in [-0.4, -0.2) is 11.9 Å². The van der Waals surface area contributed by atoms with Crippen molar-refractivity contribution < 1.29 is 4.79 Å². The Kier molecular flexibility index (Phi) is 4.45. The fourth-order valence-corrected chi connectivity index (χ4v) is 1.59. The van der Waals surface area contributed by atoms with Gasteiger partial charge in [-0.15, -0.1) is 25.0 Å². The summed E-state index contributed by atoms with van der Waals surface area (Å²) in [5.74, 6) is 2.42. The number of carbonyl (C=O) groups excluding carboxylic acids is 1. The van der Waals surface area contributed by atoms with Gasteiger partial charge >= 0.3 is 0 Å². The third-order valence-electron chi connectivity index (χ3n) is 2.27. The highest BCUT2D eigenvalue weighted by atomic mass is 32.1. The third-order valence-corrected chi connectivity index (χ3v) is 2.55. The van der Waals surface area contributed by atoms with Crippen LogP contribution in [0.25, 0.3) is 0 Å². The molecule has 0 spiro atoms. The fraction of sp³-hybridized carbons (Fsp3) is 0.308. The molecule has 84 valence electrons. The predicted molar refractivity (Wildman–Crippen MR) is 68.8 cm³/mol. The second kappa shape index (κ2) is 5.62. The van der Waals surface area contributed by atoms with Crippen LogP contribution in [0.15, 0.2) is 23.1 Å². The lowest BCUT2D eigenvalue weighted by molar-refractivity contribution is 0.0940. The van der Waals surface area contributed by atoms with E-state index in [1.54, 1.807) is 6.07 Å². The summed E-state index contributed by atoms with van der Waals surface area (Å²) >= 11 is 4.22. The number of rotatable bonds is 3. The molecule has 2 nitrogen and oxygen atoms in total. The van der Waals surface area contributed by atoms with E-state index < -0.39 is 0 Å². The van der Waals surface area contributed by atoms with Gasteiger partial charge in [-0.1, -0.05) is 6.07 Å². The van der Waals surface area contributed by atoms with E-state index in [0.29, 0.717) is 12.0 Å². The van der Waals surface area contributed by atoms with Gasteiger partial charge in [0.05, 0.1) is 0 Å². The molecule has 0 heterocycles. The van der Waals surface area contributed by atoms with Crippen molar-refractivity contribution in [3.05, 3.63) is 29.3 Å². The van der Waals surface area contributed by atoms with E-state index in [-0.39, 0.29) is 11.9 Å². The SMILES string of the molecule is C#CCC(C)NC(=O)c1cc(S)ccc1C. The Bertz CT molecular complexity index is 434. The number of hydrogen-bond acceptors (Lipinski definition) is 2. The third kappa shape index (κ3) is 3.32. The van der Waals surface area contributed by atoms with Crippen LogP contribution in [0.2, 0.25) is 0 Å². The first-order valence-electron chi connectivity index (χ1n) is 5.08. The molecule has 1 N–H and O–H groups in total. The molecule has 1 rings (SSSR count). The van der Waals surface area contributed by atoms with Crippen molar-refractivity contribution in [3.63, 3.8) is 0 Å². The van der Waals surface area contributed by atoms with Crippen molar-refractivity contribution in [2.45, 2.75) is 31.2 Å². The van der Waals surface area contributed by atoms with Crippen LogP contribution in [-0.2, 0) is 0 Å². The maximum atomic E-state index is 11.9. The van der Waals surface area contributed by atoms with Crippen LogP contribution < -0.4 is 5.32 Å². The summed E-state index contributed by atoms with van der Waals surface area (Å²) in [6.07, 6.45) is 5.72. The highest BCUT2D eigenvalue weighted by molar-refractivity contribution is 7.80. The monoisotopic (exact) mass is 233 g/mol. The summed E-state index contributed by atoms with van der Waals surface area (Å²) in [6.45, 7) is 3.78. The number of thiol groups is 1. The molecule has 0 aliphatic rings. The molecule has 1 amide bonds. The van der Waals surface area contributed by atoms with E-state index in [0.717, 1.165) is 10.5 Å². The Morgan fingerprint density at radius 2 is 2.31 bits per heavy atom. The fourth-order valence-electron chi connectivity index (χ4n) is 1.38. The van der Waals surface area contributed by atoms with Gasteiger partial charge in [-0.05, 0) is 31.5 Å². The molecular formula is C13H15NOS. The highest BCUT2D eigenvalue weighted by Crippen LogP contribution is 2.14. The quantitative estimate of drug-likeness (QED) is 0.609. The smallest absolute Gasteiger partial charge is 0.251 e. The molecule has 0 aliphatic carbocycles. The van der Waals surface area contributed by atoms with Crippen molar-refractivity contribution >= 4 is 18.5 Å². The van der Waals surface area contributed by atoms with Gasteiger partial charge in [-0.3, -0.25) is 4.79 Å². The summed E-state index contributed by atoms with van der Waals surface area (Å²) in [5, 5.41) is 2.85. The molecule has 0 aromatic heterocycles. The lowest BCUT2D eigenvalue weighted by Gasteiger charge is -2.12. The number of aryl methyl sites for hydroxylation is 1. The molecule has 1 atom stereocenters. The number of hydrogen-bond donors (Lipinski definition) is 2. The molecular weight excluding hydrogens is 218 g/mol. The van der Waals surface area contributed by atoms with E-state index in [4.69, 9.17) is 6.42 Å². The lowest BCUT2D eigenvalue weighted by atomic mass is 10.1. The number of benzene rings is 1. The second-order valence-electron chi connectivity index (χ2n) is 3.78. The molecule has 0 bridgehead atoms. The maximum Gasteiger partial charge on any atom is 0.251 e. The van der Waals surface area contributed by atoms with Gasteiger partial charge in [0.25, 0.3) is 5.91 Å². The molecule has 1 unspecified atom stereocenters. The maximum absolute atomic E-state index is 11.9. The van der Waals surface area contributed by atoms with Gasteiger partial charge in [0.2, 0.25) is 0 Å². The summed E-state index contributed by atoms with van der Waals surface area (Å²) in [5.41, 5.74) is 1.58. The van der Waals surface area contributed by atoms with Crippen LogP contribution in [0.3, 0.4) is 0 Å². The van der Waals surface area contributed by atoms with E-state index >= 15 is 0 Å². The van der Waals surface area contributed by atoms with E-state index in [1.165, 1.54) is 0 Å². The van der Waals surface area contributed by atoms with Crippen LogP contribution >= 0.6 is 12.6 Å². The minimum absolute atomic E-state index is 0.0135. The van der Waals surface area contributed by atoms with Crippen LogP contribution in [0.1, 0.15) is 29.3 Å². The zero-order chi connectivity index (χ0) is 12.1. The van der Waals surface area contributed by atoms with E-state index in [2.05, 4.69) is 23.9 Å².